The van der Waals surface area contributed by atoms with Crippen molar-refractivity contribution in [3.05, 3.63) is 96.1 Å². The second-order valence-electron chi connectivity index (χ2n) is 6.14. The smallest absolute Gasteiger partial charge is 0.343 e. The first-order valence-electron chi connectivity index (χ1n) is 8.18. The highest BCUT2D eigenvalue weighted by Gasteiger charge is 2.09. The van der Waals surface area contributed by atoms with E-state index in [1.165, 1.54) is 5.56 Å². The molecule has 0 aromatic heterocycles. The Morgan fingerprint density at radius 1 is 0.760 bits per heavy atom. The number of carbonyl (C=O) groups is 1. The molecule has 0 aliphatic carbocycles. The number of hydrogen-bond donors (Lipinski definition) is 0. The lowest BCUT2D eigenvalue weighted by atomic mass is 10.0. The highest BCUT2D eigenvalue weighted by molar-refractivity contribution is 5.91. The first-order valence-corrected chi connectivity index (χ1v) is 8.18. The quantitative estimate of drug-likeness (QED) is 0.439. The fourth-order valence-electron chi connectivity index (χ4n) is 2.52. The predicted octanol–water partition coefficient (Wildman–Crippen LogP) is 5.91. The van der Waals surface area contributed by atoms with Crippen LogP contribution in [-0.4, -0.2) is 5.97 Å². The number of ether oxygens (including phenoxy) is 1. The summed E-state index contributed by atoms with van der Waals surface area (Å²) in [7, 11) is 0. The molecule has 0 saturated carbocycles. The van der Waals surface area contributed by atoms with Gasteiger partial charge in [-0.25, -0.2) is 4.79 Å². The van der Waals surface area contributed by atoms with Crippen LogP contribution in [0.25, 0.3) is 16.7 Å². The molecule has 0 heterocycles. The van der Waals surface area contributed by atoms with Crippen LogP contribution < -0.4 is 4.74 Å². The van der Waals surface area contributed by atoms with Crippen molar-refractivity contribution in [3.8, 4) is 16.9 Å². The van der Waals surface area contributed by atoms with Gasteiger partial charge in [0.05, 0.1) is 5.56 Å². The molecule has 0 aliphatic rings. The highest BCUT2D eigenvalue weighted by Crippen LogP contribution is 2.23. The van der Waals surface area contributed by atoms with Gasteiger partial charge in [0.2, 0.25) is 0 Å². The van der Waals surface area contributed by atoms with Gasteiger partial charge in [-0.15, -0.1) is 0 Å². The summed E-state index contributed by atoms with van der Waals surface area (Å²) in [6, 6.07) is 23.1. The van der Waals surface area contributed by atoms with Gasteiger partial charge in [-0.1, -0.05) is 66.2 Å². The lowest BCUT2D eigenvalue weighted by Crippen LogP contribution is -2.08. The maximum absolute atomic E-state index is 12.2. The molecule has 0 bridgehead atoms. The molecule has 0 saturated heterocycles. The lowest BCUT2D eigenvalue weighted by molar-refractivity contribution is 0.0735. The summed E-state index contributed by atoms with van der Waals surface area (Å²) < 4.78 is 5.45. The van der Waals surface area contributed by atoms with Gasteiger partial charge in [0.1, 0.15) is 5.75 Å². The van der Waals surface area contributed by atoms with Crippen LogP contribution in [0.3, 0.4) is 0 Å². The second kappa shape index (κ2) is 7.18. The molecule has 2 nitrogen and oxygen atoms in total. The van der Waals surface area contributed by atoms with Crippen molar-refractivity contribution in [2.24, 2.45) is 0 Å². The third kappa shape index (κ3) is 4.04. The van der Waals surface area contributed by atoms with E-state index in [1.807, 2.05) is 43.3 Å². The normalized spacial score (nSPS) is 10.3. The summed E-state index contributed by atoms with van der Waals surface area (Å²) in [5.41, 5.74) is 5.95. The van der Waals surface area contributed by atoms with Gasteiger partial charge < -0.3 is 4.74 Å². The number of hydrogen-bond acceptors (Lipinski definition) is 2. The van der Waals surface area contributed by atoms with Crippen LogP contribution in [-0.2, 0) is 0 Å². The third-order valence-electron chi connectivity index (χ3n) is 4.06. The van der Waals surface area contributed by atoms with Gasteiger partial charge in [-0.05, 0) is 54.8 Å². The van der Waals surface area contributed by atoms with Crippen molar-refractivity contribution in [3.63, 3.8) is 0 Å². The number of aryl methyl sites for hydroxylation is 1. The molecule has 25 heavy (non-hydrogen) atoms. The molecule has 0 spiro atoms. The van der Waals surface area contributed by atoms with Crippen LogP contribution in [0.4, 0.5) is 0 Å². The summed E-state index contributed by atoms with van der Waals surface area (Å²) >= 11 is 0. The standard InChI is InChI=1S/C23H20O2/c1-16(2)18-8-10-21(11-9-18)23(24)25-22-14-12-20(13-15-22)19-6-4-17(3)5-7-19/h4-15H,1H2,2-3H3. The predicted molar refractivity (Wildman–Crippen MR) is 103 cm³/mol. The summed E-state index contributed by atoms with van der Waals surface area (Å²) in [6.45, 7) is 7.89. The van der Waals surface area contributed by atoms with Gasteiger partial charge >= 0.3 is 5.97 Å². The van der Waals surface area contributed by atoms with E-state index in [9.17, 15) is 4.79 Å². The van der Waals surface area contributed by atoms with E-state index in [1.54, 1.807) is 12.1 Å². The van der Waals surface area contributed by atoms with Gasteiger partial charge in [0.25, 0.3) is 0 Å². The molecule has 124 valence electrons. The molecular weight excluding hydrogens is 308 g/mol. The van der Waals surface area contributed by atoms with Crippen LogP contribution in [0.1, 0.15) is 28.4 Å². The van der Waals surface area contributed by atoms with Crippen LogP contribution in [0.15, 0.2) is 79.4 Å². The van der Waals surface area contributed by atoms with Gasteiger partial charge in [0, 0.05) is 0 Å². The van der Waals surface area contributed by atoms with E-state index in [2.05, 4.69) is 37.8 Å². The van der Waals surface area contributed by atoms with Crippen molar-refractivity contribution < 1.29 is 9.53 Å². The first-order chi connectivity index (χ1) is 12.0. The number of esters is 1. The average molecular weight is 328 g/mol. The minimum absolute atomic E-state index is 0.364. The van der Waals surface area contributed by atoms with E-state index in [0.29, 0.717) is 11.3 Å². The Labute approximate surface area is 148 Å². The van der Waals surface area contributed by atoms with E-state index in [4.69, 9.17) is 4.74 Å². The maximum Gasteiger partial charge on any atom is 0.343 e. The number of allylic oxidation sites excluding steroid dienone is 1. The molecule has 0 amide bonds. The van der Waals surface area contributed by atoms with E-state index >= 15 is 0 Å². The number of benzene rings is 3. The van der Waals surface area contributed by atoms with E-state index < -0.39 is 0 Å². The molecule has 3 rings (SSSR count). The zero-order valence-corrected chi connectivity index (χ0v) is 14.5. The first kappa shape index (κ1) is 16.7. The minimum atomic E-state index is -0.364. The van der Waals surface area contributed by atoms with Crippen LogP contribution in [0, 0.1) is 6.92 Å². The average Bonchev–Trinajstić information content (AvgIpc) is 2.63. The molecule has 2 heteroatoms. The Bertz CT molecular complexity index is 886. The molecule has 0 atom stereocenters. The second-order valence-corrected chi connectivity index (χ2v) is 6.14. The number of carbonyl (C=O) groups excluding carboxylic acids is 1. The summed E-state index contributed by atoms with van der Waals surface area (Å²) in [4.78, 5) is 12.2. The molecule has 0 fully saturated rings. The number of rotatable bonds is 4. The molecule has 0 radical (unpaired) electrons. The molecule has 3 aromatic carbocycles. The monoisotopic (exact) mass is 328 g/mol. The highest BCUT2D eigenvalue weighted by atomic mass is 16.5. The SMILES string of the molecule is C=C(C)c1ccc(C(=O)Oc2ccc(-c3ccc(C)cc3)cc2)cc1. The van der Waals surface area contributed by atoms with Crippen molar-refractivity contribution in [1.82, 2.24) is 0 Å². The Hall–Kier alpha value is -3.13. The molecular formula is C23H20O2. The topological polar surface area (TPSA) is 26.3 Å². The fourth-order valence-corrected chi connectivity index (χ4v) is 2.52. The van der Waals surface area contributed by atoms with E-state index in [0.717, 1.165) is 22.3 Å². The molecule has 0 unspecified atom stereocenters. The van der Waals surface area contributed by atoms with Gasteiger partial charge in [-0.3, -0.25) is 0 Å². The Morgan fingerprint density at radius 2 is 1.24 bits per heavy atom. The van der Waals surface area contributed by atoms with Crippen molar-refractivity contribution >= 4 is 11.5 Å². The summed E-state index contributed by atoms with van der Waals surface area (Å²) in [6.07, 6.45) is 0. The maximum atomic E-state index is 12.2. The van der Waals surface area contributed by atoms with Crippen molar-refractivity contribution in [2.75, 3.05) is 0 Å². The molecule has 3 aromatic rings. The largest absolute Gasteiger partial charge is 0.423 e. The van der Waals surface area contributed by atoms with Gasteiger partial charge in [0.15, 0.2) is 0 Å². The third-order valence-corrected chi connectivity index (χ3v) is 4.06. The molecule has 0 N–H and O–H groups in total. The zero-order chi connectivity index (χ0) is 17.8. The van der Waals surface area contributed by atoms with Crippen molar-refractivity contribution in [1.29, 1.82) is 0 Å². The fraction of sp³-hybridized carbons (Fsp3) is 0.0870. The van der Waals surface area contributed by atoms with E-state index in [-0.39, 0.29) is 5.97 Å². The molecule has 0 aliphatic heterocycles. The van der Waals surface area contributed by atoms with Crippen LogP contribution >= 0.6 is 0 Å². The Balaban J connectivity index is 1.71. The summed E-state index contributed by atoms with van der Waals surface area (Å²) in [5, 5.41) is 0. The van der Waals surface area contributed by atoms with Crippen LogP contribution in [0.2, 0.25) is 0 Å². The van der Waals surface area contributed by atoms with Crippen molar-refractivity contribution in [2.45, 2.75) is 13.8 Å². The van der Waals surface area contributed by atoms with Gasteiger partial charge in [-0.2, -0.15) is 0 Å². The van der Waals surface area contributed by atoms with Crippen LogP contribution in [0.5, 0.6) is 5.75 Å². The Kier molecular flexibility index (Phi) is 4.80. The minimum Gasteiger partial charge on any atom is -0.423 e. The summed E-state index contributed by atoms with van der Waals surface area (Å²) in [5.74, 6) is 0.168. The zero-order valence-electron chi connectivity index (χ0n) is 14.5. The lowest BCUT2D eigenvalue weighted by Gasteiger charge is -2.07. The Morgan fingerprint density at radius 3 is 1.76 bits per heavy atom.